The first-order valence-electron chi connectivity index (χ1n) is 7.98. The summed E-state index contributed by atoms with van der Waals surface area (Å²) in [5.74, 6) is 0.652. The molecule has 23 heavy (non-hydrogen) atoms. The summed E-state index contributed by atoms with van der Waals surface area (Å²) in [5.41, 5.74) is 3.15. The zero-order valence-electron chi connectivity index (χ0n) is 14.1. The maximum Gasteiger partial charge on any atom is 0.257 e. The fraction of sp³-hybridized carbons (Fsp3) is 0.444. The van der Waals surface area contributed by atoms with Crippen molar-refractivity contribution in [1.82, 2.24) is 14.5 Å². The molecule has 0 N–H and O–H groups in total. The molecule has 0 bridgehead atoms. The van der Waals surface area contributed by atoms with E-state index in [0.29, 0.717) is 19.0 Å². The van der Waals surface area contributed by atoms with E-state index in [1.54, 1.807) is 17.0 Å². The van der Waals surface area contributed by atoms with E-state index in [-0.39, 0.29) is 11.5 Å². The molecule has 2 heterocycles. The first kappa shape index (κ1) is 15.7. The predicted octanol–water partition coefficient (Wildman–Crippen LogP) is 3.19. The number of carbonyl (C=O) groups excluding carboxylic acids is 1. The normalized spacial score (nSPS) is 14.3. The highest BCUT2D eigenvalue weighted by Crippen LogP contribution is 2.24. The lowest BCUT2D eigenvalue weighted by molar-refractivity contribution is 0.0726. The van der Waals surface area contributed by atoms with Gasteiger partial charge in [-0.25, -0.2) is 9.37 Å². The molecule has 5 heteroatoms. The van der Waals surface area contributed by atoms with E-state index in [0.717, 1.165) is 23.5 Å². The number of benzene rings is 1. The van der Waals surface area contributed by atoms with E-state index < -0.39 is 5.82 Å². The van der Waals surface area contributed by atoms with Crippen LogP contribution < -0.4 is 0 Å². The van der Waals surface area contributed by atoms with Crippen LogP contribution in [-0.2, 0) is 20.0 Å². The molecule has 1 amide bonds. The number of carbonyl (C=O) groups is 1. The second-order valence-corrected chi connectivity index (χ2v) is 6.54. The van der Waals surface area contributed by atoms with Gasteiger partial charge in [0.25, 0.3) is 5.91 Å². The zero-order valence-corrected chi connectivity index (χ0v) is 14.1. The largest absolute Gasteiger partial charge is 0.334 e. The Morgan fingerprint density at radius 2 is 2.09 bits per heavy atom. The van der Waals surface area contributed by atoms with Crippen LogP contribution in [0.2, 0.25) is 0 Å². The molecule has 0 radical (unpaired) electrons. The summed E-state index contributed by atoms with van der Waals surface area (Å²) in [6.45, 7) is 7.12. The Morgan fingerprint density at radius 3 is 2.78 bits per heavy atom. The quantitative estimate of drug-likeness (QED) is 0.853. The number of nitrogens with zero attached hydrogens (tertiary/aromatic N) is 3. The number of imidazole rings is 1. The lowest BCUT2D eigenvalue weighted by atomic mass is 10.1. The fourth-order valence-corrected chi connectivity index (χ4v) is 3.21. The molecule has 0 saturated carbocycles. The minimum Gasteiger partial charge on any atom is -0.334 e. The molecule has 1 aromatic heterocycles. The maximum absolute atomic E-state index is 14.0. The first-order valence-corrected chi connectivity index (χ1v) is 7.98. The third kappa shape index (κ3) is 2.76. The van der Waals surface area contributed by atoms with Gasteiger partial charge in [0, 0.05) is 31.6 Å². The van der Waals surface area contributed by atoms with Crippen LogP contribution in [0.25, 0.3) is 0 Å². The number of amides is 1. The van der Waals surface area contributed by atoms with Gasteiger partial charge in [0.15, 0.2) is 0 Å². The van der Waals surface area contributed by atoms with Gasteiger partial charge in [-0.3, -0.25) is 4.79 Å². The van der Waals surface area contributed by atoms with Gasteiger partial charge in [-0.15, -0.1) is 0 Å². The smallest absolute Gasteiger partial charge is 0.257 e. The summed E-state index contributed by atoms with van der Waals surface area (Å²) < 4.78 is 16.1. The second kappa shape index (κ2) is 5.80. The molecule has 2 aromatic rings. The van der Waals surface area contributed by atoms with Crippen molar-refractivity contribution in [1.29, 1.82) is 0 Å². The molecule has 0 aliphatic carbocycles. The summed E-state index contributed by atoms with van der Waals surface area (Å²) in [4.78, 5) is 19.0. The molecule has 0 unspecified atom stereocenters. The zero-order chi connectivity index (χ0) is 16.7. The van der Waals surface area contributed by atoms with Gasteiger partial charge in [0.05, 0.1) is 17.8 Å². The Balaban J connectivity index is 1.88. The highest BCUT2D eigenvalue weighted by molar-refractivity contribution is 5.94. The summed E-state index contributed by atoms with van der Waals surface area (Å²) >= 11 is 0. The van der Waals surface area contributed by atoms with Gasteiger partial charge >= 0.3 is 0 Å². The number of fused-ring (bicyclic) bond motifs is 1. The van der Waals surface area contributed by atoms with Crippen LogP contribution in [0.1, 0.15) is 52.9 Å². The van der Waals surface area contributed by atoms with Crippen molar-refractivity contribution >= 4 is 5.91 Å². The average molecular weight is 315 g/mol. The van der Waals surface area contributed by atoms with Crippen LogP contribution >= 0.6 is 0 Å². The highest BCUT2D eigenvalue weighted by atomic mass is 19.1. The van der Waals surface area contributed by atoms with Crippen molar-refractivity contribution < 1.29 is 9.18 Å². The van der Waals surface area contributed by atoms with E-state index in [1.807, 2.05) is 14.0 Å². The molecule has 1 aliphatic heterocycles. The lowest BCUT2D eigenvalue weighted by Gasteiger charge is -2.27. The van der Waals surface area contributed by atoms with E-state index in [4.69, 9.17) is 4.98 Å². The Hall–Kier alpha value is -2.17. The summed E-state index contributed by atoms with van der Waals surface area (Å²) in [6.07, 6.45) is 0.755. The van der Waals surface area contributed by atoms with Crippen molar-refractivity contribution in [3.8, 4) is 0 Å². The van der Waals surface area contributed by atoms with Crippen LogP contribution in [0.3, 0.4) is 0 Å². The van der Waals surface area contributed by atoms with Gasteiger partial charge < -0.3 is 9.47 Å². The molecule has 0 atom stereocenters. The molecule has 3 rings (SSSR count). The van der Waals surface area contributed by atoms with Gasteiger partial charge in [0.1, 0.15) is 11.6 Å². The second-order valence-electron chi connectivity index (χ2n) is 6.54. The lowest BCUT2D eigenvalue weighted by Crippen LogP contribution is -2.36. The molecule has 1 aliphatic rings. The Labute approximate surface area is 135 Å². The van der Waals surface area contributed by atoms with E-state index >= 15 is 0 Å². The monoisotopic (exact) mass is 315 g/mol. The van der Waals surface area contributed by atoms with Crippen LogP contribution in [-0.4, -0.2) is 26.9 Å². The van der Waals surface area contributed by atoms with Gasteiger partial charge in [-0.05, 0) is 19.1 Å². The number of aryl methyl sites for hydroxylation is 1. The van der Waals surface area contributed by atoms with Crippen molar-refractivity contribution in [2.45, 2.75) is 39.7 Å². The third-order valence-corrected chi connectivity index (χ3v) is 4.45. The van der Waals surface area contributed by atoms with E-state index in [2.05, 4.69) is 18.4 Å². The predicted molar refractivity (Wildman–Crippen MR) is 86.9 cm³/mol. The Bertz CT molecular complexity index is 764. The van der Waals surface area contributed by atoms with Gasteiger partial charge in [0.2, 0.25) is 0 Å². The Morgan fingerprint density at radius 1 is 1.35 bits per heavy atom. The first-order chi connectivity index (χ1) is 10.9. The number of hydrogen-bond acceptors (Lipinski definition) is 2. The SMILES string of the molecule is Cc1ccc(F)c(C(=O)N2CCc3c(nc(C(C)C)n3C)C2)c1. The molecule has 4 nitrogen and oxygen atoms in total. The standard InChI is InChI=1S/C18H22FN3O/c1-11(2)17-20-15-10-22(8-7-16(15)21(17)4)18(23)13-9-12(3)5-6-14(13)19/h5-6,9,11H,7-8,10H2,1-4H3. The minimum absolute atomic E-state index is 0.147. The van der Waals surface area contributed by atoms with Crippen molar-refractivity contribution in [3.63, 3.8) is 0 Å². The molecule has 0 fully saturated rings. The highest BCUT2D eigenvalue weighted by Gasteiger charge is 2.28. The van der Waals surface area contributed by atoms with Gasteiger partial charge in [-0.1, -0.05) is 25.5 Å². The number of halogens is 1. The summed E-state index contributed by atoms with van der Waals surface area (Å²) in [7, 11) is 2.03. The summed E-state index contributed by atoms with van der Waals surface area (Å²) in [5, 5.41) is 0. The maximum atomic E-state index is 14.0. The molecule has 1 aromatic carbocycles. The molecular formula is C18H22FN3O. The Kier molecular flexibility index (Phi) is 3.96. The van der Waals surface area contributed by atoms with E-state index in [1.165, 1.54) is 11.8 Å². The van der Waals surface area contributed by atoms with E-state index in [9.17, 15) is 9.18 Å². The number of aromatic nitrogens is 2. The average Bonchev–Trinajstić information content (AvgIpc) is 2.86. The van der Waals surface area contributed by atoms with Crippen molar-refractivity contribution in [2.75, 3.05) is 6.54 Å². The van der Waals surface area contributed by atoms with Gasteiger partial charge in [-0.2, -0.15) is 0 Å². The number of rotatable bonds is 2. The molecule has 122 valence electrons. The van der Waals surface area contributed by atoms with Crippen LogP contribution in [0.4, 0.5) is 4.39 Å². The van der Waals surface area contributed by atoms with Crippen LogP contribution in [0.15, 0.2) is 18.2 Å². The fourth-order valence-electron chi connectivity index (χ4n) is 3.21. The molecule has 0 spiro atoms. The van der Waals surface area contributed by atoms with Crippen LogP contribution in [0.5, 0.6) is 0 Å². The summed E-state index contributed by atoms with van der Waals surface area (Å²) in [6, 6.07) is 4.65. The molecular weight excluding hydrogens is 293 g/mol. The van der Waals surface area contributed by atoms with Crippen LogP contribution in [0, 0.1) is 12.7 Å². The van der Waals surface area contributed by atoms with Crippen molar-refractivity contribution in [2.24, 2.45) is 7.05 Å². The number of hydrogen-bond donors (Lipinski definition) is 0. The topological polar surface area (TPSA) is 38.1 Å². The molecule has 0 saturated heterocycles. The minimum atomic E-state index is -0.463. The van der Waals surface area contributed by atoms with Crippen molar-refractivity contribution in [3.05, 3.63) is 52.4 Å². The third-order valence-electron chi connectivity index (χ3n) is 4.45.